The van der Waals surface area contributed by atoms with E-state index in [1.165, 1.54) is 154 Å². The minimum Gasteiger partial charge on any atom is -0.462 e. The van der Waals surface area contributed by atoms with E-state index in [2.05, 4.69) is 106 Å². The highest BCUT2D eigenvalue weighted by Crippen LogP contribution is 2.16. The lowest BCUT2D eigenvalue weighted by atomic mass is 10.0. The number of allylic oxidation sites excluding steroid dienone is 14. The lowest BCUT2D eigenvalue weighted by molar-refractivity contribution is -0.167. The van der Waals surface area contributed by atoms with Crippen LogP contribution in [0.15, 0.2) is 85.1 Å². The van der Waals surface area contributed by atoms with E-state index in [4.69, 9.17) is 14.2 Å². The lowest BCUT2D eigenvalue weighted by Gasteiger charge is -2.18. The molecule has 73 heavy (non-hydrogen) atoms. The highest BCUT2D eigenvalue weighted by molar-refractivity contribution is 5.71. The fraction of sp³-hybridized carbons (Fsp3) is 0.746. The number of rotatable bonds is 56. The van der Waals surface area contributed by atoms with Gasteiger partial charge in [0, 0.05) is 19.3 Å². The fourth-order valence-electron chi connectivity index (χ4n) is 8.74. The largest absolute Gasteiger partial charge is 0.462 e. The van der Waals surface area contributed by atoms with E-state index in [-0.39, 0.29) is 31.1 Å². The number of unbranched alkanes of at least 4 members (excludes halogenated alkanes) is 31. The summed E-state index contributed by atoms with van der Waals surface area (Å²) in [6, 6.07) is 0. The lowest BCUT2D eigenvalue weighted by Crippen LogP contribution is -2.30. The molecule has 0 aromatic heterocycles. The minimum absolute atomic E-state index is 0.0756. The van der Waals surface area contributed by atoms with E-state index >= 15 is 0 Å². The van der Waals surface area contributed by atoms with Gasteiger partial charge < -0.3 is 14.2 Å². The van der Waals surface area contributed by atoms with Crippen molar-refractivity contribution in [3.8, 4) is 0 Å². The van der Waals surface area contributed by atoms with Crippen LogP contribution >= 0.6 is 0 Å². The van der Waals surface area contributed by atoms with Crippen LogP contribution in [0.2, 0.25) is 0 Å². The molecule has 0 aromatic rings. The Morgan fingerprint density at radius 1 is 0.288 bits per heavy atom. The van der Waals surface area contributed by atoms with Gasteiger partial charge in [-0.15, -0.1) is 0 Å². The van der Waals surface area contributed by atoms with Crippen LogP contribution in [0.1, 0.15) is 303 Å². The molecular formula is C67H116O6. The zero-order valence-corrected chi connectivity index (χ0v) is 48.1. The first-order chi connectivity index (χ1) is 36.0. The van der Waals surface area contributed by atoms with Crippen LogP contribution in [0.3, 0.4) is 0 Å². The summed E-state index contributed by atoms with van der Waals surface area (Å²) in [5.74, 6) is -0.882. The summed E-state index contributed by atoms with van der Waals surface area (Å²) in [4.78, 5) is 37.9. The summed E-state index contributed by atoms with van der Waals surface area (Å²) in [6.45, 7) is 6.48. The van der Waals surface area contributed by atoms with Gasteiger partial charge in [-0.1, -0.05) is 273 Å². The van der Waals surface area contributed by atoms with Crippen LogP contribution in [0.4, 0.5) is 0 Å². The Morgan fingerprint density at radius 2 is 0.534 bits per heavy atom. The number of carbonyl (C=O) groups excluding carboxylic acids is 3. The Labute approximate surface area is 452 Å². The van der Waals surface area contributed by atoms with Crippen molar-refractivity contribution in [3.63, 3.8) is 0 Å². The van der Waals surface area contributed by atoms with Crippen LogP contribution < -0.4 is 0 Å². The average Bonchev–Trinajstić information content (AvgIpc) is 3.39. The quantitative estimate of drug-likeness (QED) is 0.0261. The summed E-state index contributed by atoms with van der Waals surface area (Å²) in [5.41, 5.74) is 0. The monoisotopic (exact) mass is 1020 g/mol. The Morgan fingerprint density at radius 3 is 0.863 bits per heavy atom. The predicted octanol–water partition coefficient (Wildman–Crippen LogP) is 21.1. The zero-order chi connectivity index (χ0) is 52.9. The van der Waals surface area contributed by atoms with Gasteiger partial charge in [-0.3, -0.25) is 14.4 Å². The summed E-state index contributed by atoms with van der Waals surface area (Å²) in [6.07, 6.45) is 80.5. The molecular weight excluding hydrogens is 901 g/mol. The van der Waals surface area contributed by atoms with Crippen molar-refractivity contribution in [1.82, 2.24) is 0 Å². The zero-order valence-electron chi connectivity index (χ0n) is 48.1. The molecule has 420 valence electrons. The molecule has 0 heterocycles. The van der Waals surface area contributed by atoms with Crippen LogP contribution in [0, 0.1) is 0 Å². The predicted molar refractivity (Wildman–Crippen MR) is 316 cm³/mol. The van der Waals surface area contributed by atoms with Gasteiger partial charge in [-0.2, -0.15) is 0 Å². The molecule has 0 aliphatic rings. The van der Waals surface area contributed by atoms with Crippen molar-refractivity contribution in [1.29, 1.82) is 0 Å². The second-order valence-electron chi connectivity index (χ2n) is 20.6. The molecule has 0 spiro atoms. The molecule has 0 saturated carbocycles. The summed E-state index contributed by atoms with van der Waals surface area (Å²) >= 11 is 0. The van der Waals surface area contributed by atoms with Crippen molar-refractivity contribution in [2.45, 2.75) is 309 Å². The third-order valence-corrected chi connectivity index (χ3v) is 13.4. The number of hydrogen-bond donors (Lipinski definition) is 0. The smallest absolute Gasteiger partial charge is 0.306 e. The normalized spacial score (nSPS) is 12.6. The molecule has 0 saturated heterocycles. The molecule has 0 aliphatic carbocycles. The second kappa shape index (κ2) is 61.1. The first-order valence-corrected chi connectivity index (χ1v) is 31.1. The van der Waals surface area contributed by atoms with E-state index < -0.39 is 6.10 Å². The van der Waals surface area contributed by atoms with Gasteiger partial charge in [0.1, 0.15) is 13.2 Å². The molecule has 1 unspecified atom stereocenters. The third-order valence-electron chi connectivity index (χ3n) is 13.4. The van der Waals surface area contributed by atoms with Gasteiger partial charge in [-0.05, 0) is 96.3 Å². The van der Waals surface area contributed by atoms with E-state index in [9.17, 15) is 14.4 Å². The molecule has 6 heteroatoms. The molecule has 0 radical (unpaired) electrons. The molecule has 6 nitrogen and oxygen atoms in total. The molecule has 0 aliphatic heterocycles. The van der Waals surface area contributed by atoms with Crippen molar-refractivity contribution in [2.75, 3.05) is 13.2 Å². The maximum atomic E-state index is 12.8. The first kappa shape index (κ1) is 69.6. The van der Waals surface area contributed by atoms with Crippen molar-refractivity contribution < 1.29 is 28.6 Å². The van der Waals surface area contributed by atoms with Gasteiger partial charge in [0.2, 0.25) is 0 Å². The standard InChI is InChI=1S/C67H116O6/c1-4-7-10-13-16-18-20-22-23-24-25-26-27-28-29-30-31-32-33-34-35-36-37-38-39-40-41-42-43-45-46-48-51-54-57-60-66(69)72-63-64(62-71-65(68)59-56-53-50-15-12-9-6-3)73-67(70)61-58-55-52-49-47-44-21-19-17-14-11-8-5-2/h7,10,16,18-19,21-23,25-26,28-29,31-32,64H,4-6,8-9,11-15,17,20,24,27,30,33-63H2,1-3H3/b10-7-,18-16-,21-19-,23-22-,26-25-,29-28-,32-31-. The summed E-state index contributed by atoms with van der Waals surface area (Å²) < 4.78 is 16.8. The van der Waals surface area contributed by atoms with Crippen molar-refractivity contribution in [3.05, 3.63) is 85.1 Å². The molecule has 1 atom stereocenters. The van der Waals surface area contributed by atoms with Crippen LogP contribution in [0.25, 0.3) is 0 Å². The van der Waals surface area contributed by atoms with Crippen LogP contribution in [-0.4, -0.2) is 37.2 Å². The second-order valence-corrected chi connectivity index (χ2v) is 20.6. The van der Waals surface area contributed by atoms with Gasteiger partial charge >= 0.3 is 17.9 Å². The number of hydrogen-bond acceptors (Lipinski definition) is 6. The molecule has 0 N–H and O–H groups in total. The topological polar surface area (TPSA) is 78.9 Å². The number of carbonyl (C=O) groups is 3. The minimum atomic E-state index is -0.774. The van der Waals surface area contributed by atoms with Gasteiger partial charge in [0.25, 0.3) is 0 Å². The highest BCUT2D eigenvalue weighted by Gasteiger charge is 2.19. The number of ether oxygens (including phenoxy) is 3. The molecule has 0 aromatic carbocycles. The molecule has 0 fully saturated rings. The van der Waals surface area contributed by atoms with Crippen LogP contribution in [-0.2, 0) is 28.6 Å². The first-order valence-electron chi connectivity index (χ1n) is 31.1. The average molecular weight is 1020 g/mol. The van der Waals surface area contributed by atoms with Crippen molar-refractivity contribution >= 4 is 17.9 Å². The van der Waals surface area contributed by atoms with E-state index in [1.54, 1.807) is 0 Å². The van der Waals surface area contributed by atoms with Gasteiger partial charge in [0.05, 0.1) is 0 Å². The molecule has 0 rings (SSSR count). The van der Waals surface area contributed by atoms with E-state index in [0.717, 1.165) is 109 Å². The van der Waals surface area contributed by atoms with Crippen molar-refractivity contribution in [2.24, 2.45) is 0 Å². The summed E-state index contributed by atoms with van der Waals surface area (Å²) in [5, 5.41) is 0. The van der Waals surface area contributed by atoms with E-state index in [0.29, 0.717) is 19.3 Å². The fourth-order valence-corrected chi connectivity index (χ4v) is 8.74. The molecule has 0 amide bonds. The Kier molecular flexibility index (Phi) is 58.3. The number of esters is 3. The maximum Gasteiger partial charge on any atom is 0.306 e. The Balaban J connectivity index is 3.98. The van der Waals surface area contributed by atoms with Gasteiger partial charge in [-0.25, -0.2) is 0 Å². The third kappa shape index (κ3) is 59.3. The Hall–Kier alpha value is -3.41. The molecule has 0 bridgehead atoms. The summed E-state index contributed by atoms with van der Waals surface area (Å²) in [7, 11) is 0. The van der Waals surface area contributed by atoms with Crippen LogP contribution in [0.5, 0.6) is 0 Å². The van der Waals surface area contributed by atoms with E-state index in [1.807, 2.05) is 0 Å². The Bertz CT molecular complexity index is 1400. The van der Waals surface area contributed by atoms with Gasteiger partial charge in [0.15, 0.2) is 6.10 Å². The SMILES string of the molecule is CC/C=C\C/C=C\C/C=C\C/C=C\C/C=C\C/C=C\CCCCCCCCCCCCCCCCCCC(=O)OCC(COC(=O)CCCCCCCCC)OC(=O)CCCCCCC/C=C\CCCCCC. The highest BCUT2D eigenvalue weighted by atomic mass is 16.6. The maximum absolute atomic E-state index is 12.8.